The topological polar surface area (TPSA) is 88.4 Å². The fourth-order valence-corrected chi connectivity index (χ4v) is 5.54. The minimum absolute atomic E-state index is 0.250. The van der Waals surface area contributed by atoms with Crippen LogP contribution in [0.5, 0.6) is 17.2 Å². The summed E-state index contributed by atoms with van der Waals surface area (Å²) in [6, 6.07) is 6.53. The number of carbonyl (C=O) groups excluding carboxylic acids is 1. The monoisotopic (exact) mass is 486 g/mol. The van der Waals surface area contributed by atoms with Crippen LogP contribution in [-0.4, -0.2) is 39.0 Å². The molecule has 0 spiro atoms. The Balaban J connectivity index is 2.03. The molecule has 1 aromatic carbocycles. The first-order valence-corrected chi connectivity index (χ1v) is 11.6. The van der Waals surface area contributed by atoms with E-state index in [1.807, 2.05) is 23.6 Å². The average molecular weight is 487 g/mol. The van der Waals surface area contributed by atoms with Crippen LogP contribution < -0.4 is 29.1 Å². The lowest BCUT2D eigenvalue weighted by atomic mass is 9.95. The van der Waals surface area contributed by atoms with Crippen LogP contribution in [0.25, 0.3) is 6.08 Å². The summed E-state index contributed by atoms with van der Waals surface area (Å²) in [5, 5.41) is 1.95. The van der Waals surface area contributed by atoms with E-state index in [1.54, 1.807) is 19.1 Å². The molecule has 0 unspecified atom stereocenters. The second-order valence-electron chi connectivity index (χ2n) is 7.05. The van der Waals surface area contributed by atoms with Crippen molar-refractivity contribution in [3.8, 4) is 17.2 Å². The van der Waals surface area contributed by atoms with Crippen molar-refractivity contribution in [1.29, 1.82) is 0 Å². The Hall–Kier alpha value is -3.37. The number of aromatic nitrogens is 1. The number of allylic oxidation sites excluding steroid dienone is 1. The number of thiazole rings is 1. The van der Waals surface area contributed by atoms with Gasteiger partial charge in [-0.2, -0.15) is 0 Å². The molecule has 2 aromatic heterocycles. The summed E-state index contributed by atoms with van der Waals surface area (Å²) in [6.45, 7) is 1.73. The summed E-state index contributed by atoms with van der Waals surface area (Å²) in [5.74, 6) is 0.662. The van der Waals surface area contributed by atoms with Crippen molar-refractivity contribution >= 4 is 34.7 Å². The van der Waals surface area contributed by atoms with E-state index in [1.165, 1.54) is 55.7 Å². The number of hydrogen-bond donors (Lipinski definition) is 0. The number of esters is 1. The lowest BCUT2D eigenvalue weighted by Gasteiger charge is -2.25. The molecule has 1 atom stereocenters. The second-order valence-corrected chi connectivity index (χ2v) is 9.04. The Morgan fingerprint density at radius 3 is 2.36 bits per heavy atom. The Bertz CT molecular complexity index is 1390. The van der Waals surface area contributed by atoms with E-state index in [-0.39, 0.29) is 11.1 Å². The van der Waals surface area contributed by atoms with Gasteiger partial charge in [0.05, 0.1) is 50.3 Å². The number of rotatable bonds is 6. The molecule has 172 valence electrons. The van der Waals surface area contributed by atoms with Crippen LogP contribution in [0.15, 0.2) is 50.7 Å². The van der Waals surface area contributed by atoms with Crippen LogP contribution in [-0.2, 0) is 9.53 Å². The average Bonchev–Trinajstić information content (AvgIpc) is 3.44. The third-order valence-corrected chi connectivity index (χ3v) is 7.05. The number of methoxy groups -OCH3 is 4. The number of fused-ring (bicyclic) bond motifs is 1. The van der Waals surface area contributed by atoms with Gasteiger partial charge in [-0.15, -0.1) is 11.3 Å². The van der Waals surface area contributed by atoms with Crippen molar-refractivity contribution in [2.45, 2.75) is 13.0 Å². The zero-order chi connectivity index (χ0) is 23.7. The highest BCUT2D eigenvalue weighted by Gasteiger charge is 2.34. The molecule has 10 heteroatoms. The molecule has 3 aromatic rings. The molecule has 0 bridgehead atoms. The van der Waals surface area contributed by atoms with Gasteiger partial charge < -0.3 is 18.9 Å². The predicted octanol–water partition coefficient (Wildman–Crippen LogP) is 2.50. The molecule has 0 radical (unpaired) electrons. The maximum absolute atomic E-state index is 13.5. The van der Waals surface area contributed by atoms with E-state index in [4.69, 9.17) is 18.9 Å². The summed E-state index contributed by atoms with van der Waals surface area (Å²) in [7, 11) is 5.83. The van der Waals surface area contributed by atoms with Crippen molar-refractivity contribution in [3.05, 3.63) is 71.0 Å². The number of nitrogens with zero attached hydrogens (tertiary/aromatic N) is 2. The number of benzene rings is 1. The van der Waals surface area contributed by atoms with Crippen LogP contribution in [0.4, 0.5) is 0 Å². The zero-order valence-electron chi connectivity index (χ0n) is 18.7. The van der Waals surface area contributed by atoms with E-state index in [0.717, 1.165) is 4.88 Å². The molecule has 0 fully saturated rings. The lowest BCUT2D eigenvalue weighted by molar-refractivity contribution is -0.136. The minimum atomic E-state index is -0.784. The number of hydrogen-bond acceptors (Lipinski definition) is 9. The molecule has 1 aliphatic heterocycles. The van der Waals surface area contributed by atoms with Crippen LogP contribution in [0.2, 0.25) is 0 Å². The van der Waals surface area contributed by atoms with E-state index in [2.05, 4.69) is 4.99 Å². The standard InChI is InChI=1S/C23H22N2O6S2/c1-12-18(22(27)31-5)19(13-9-15(28-2)20(30-4)16(10-13)29-3)25-21(26)17(33-23(25)24-12)11-14-7-6-8-32-14/h6-11,19H,1-5H3/b17-11+/t19-/m1/s1. The summed E-state index contributed by atoms with van der Waals surface area (Å²) in [4.78, 5) is 32.4. The van der Waals surface area contributed by atoms with Gasteiger partial charge in [0.15, 0.2) is 16.3 Å². The number of thiophene rings is 1. The summed E-state index contributed by atoms with van der Waals surface area (Å²) < 4.78 is 23.5. The summed E-state index contributed by atoms with van der Waals surface area (Å²) >= 11 is 2.81. The molecule has 3 heterocycles. The van der Waals surface area contributed by atoms with E-state index < -0.39 is 12.0 Å². The van der Waals surface area contributed by atoms with Gasteiger partial charge in [0.25, 0.3) is 5.56 Å². The fourth-order valence-electron chi connectivity index (χ4n) is 3.77. The molecule has 4 rings (SSSR count). The molecule has 0 saturated carbocycles. The van der Waals surface area contributed by atoms with E-state index in [9.17, 15) is 9.59 Å². The SMILES string of the molecule is COC(=O)C1=C(C)N=c2s/c(=C/c3cccs3)c(=O)n2[C@@H]1c1cc(OC)c(OC)c(OC)c1. The highest BCUT2D eigenvalue weighted by Crippen LogP contribution is 2.42. The predicted molar refractivity (Wildman–Crippen MR) is 126 cm³/mol. The van der Waals surface area contributed by atoms with Crippen molar-refractivity contribution in [2.75, 3.05) is 28.4 Å². The van der Waals surface area contributed by atoms with Crippen molar-refractivity contribution < 1.29 is 23.7 Å². The molecular formula is C23H22N2O6S2. The van der Waals surface area contributed by atoms with E-state index in [0.29, 0.717) is 37.8 Å². The number of carbonyl (C=O) groups is 1. The van der Waals surface area contributed by atoms with Crippen LogP contribution in [0.1, 0.15) is 23.4 Å². The maximum Gasteiger partial charge on any atom is 0.338 e. The molecule has 0 amide bonds. The number of ether oxygens (including phenoxy) is 4. The highest BCUT2D eigenvalue weighted by molar-refractivity contribution is 7.11. The van der Waals surface area contributed by atoms with Crippen LogP contribution in [0.3, 0.4) is 0 Å². The normalized spacial score (nSPS) is 15.7. The van der Waals surface area contributed by atoms with Crippen molar-refractivity contribution in [1.82, 2.24) is 4.57 Å². The van der Waals surface area contributed by atoms with Gasteiger partial charge in [0, 0.05) is 4.88 Å². The van der Waals surface area contributed by atoms with Crippen LogP contribution in [0, 0.1) is 0 Å². The first-order chi connectivity index (χ1) is 15.9. The molecular weight excluding hydrogens is 464 g/mol. The summed E-state index contributed by atoms with van der Waals surface area (Å²) in [5.41, 5.74) is 1.09. The van der Waals surface area contributed by atoms with E-state index >= 15 is 0 Å². The Morgan fingerprint density at radius 1 is 1.12 bits per heavy atom. The van der Waals surface area contributed by atoms with Gasteiger partial charge >= 0.3 is 5.97 Å². The van der Waals surface area contributed by atoms with Gasteiger partial charge in [-0.1, -0.05) is 17.4 Å². The van der Waals surface area contributed by atoms with Gasteiger partial charge in [0.2, 0.25) is 5.75 Å². The quantitative estimate of drug-likeness (QED) is 0.498. The smallest absolute Gasteiger partial charge is 0.338 e. The third kappa shape index (κ3) is 3.96. The molecule has 1 aliphatic rings. The molecule has 33 heavy (non-hydrogen) atoms. The fraction of sp³-hybridized carbons (Fsp3) is 0.261. The lowest BCUT2D eigenvalue weighted by Crippen LogP contribution is -2.39. The second kappa shape index (κ2) is 9.24. The van der Waals surface area contributed by atoms with Gasteiger partial charge in [-0.05, 0) is 42.1 Å². The van der Waals surface area contributed by atoms with Gasteiger partial charge in [0.1, 0.15) is 0 Å². The van der Waals surface area contributed by atoms with Crippen molar-refractivity contribution in [3.63, 3.8) is 0 Å². The molecule has 0 N–H and O–H groups in total. The highest BCUT2D eigenvalue weighted by atomic mass is 32.1. The Labute approximate surface area is 197 Å². The van der Waals surface area contributed by atoms with Gasteiger partial charge in [-0.3, -0.25) is 9.36 Å². The first-order valence-electron chi connectivity index (χ1n) is 9.87. The molecule has 8 nitrogen and oxygen atoms in total. The Morgan fingerprint density at radius 2 is 1.82 bits per heavy atom. The third-order valence-electron chi connectivity index (χ3n) is 5.25. The summed E-state index contributed by atoms with van der Waals surface area (Å²) in [6.07, 6.45) is 1.83. The maximum atomic E-state index is 13.5. The van der Waals surface area contributed by atoms with Crippen molar-refractivity contribution in [2.24, 2.45) is 4.99 Å². The Kier molecular flexibility index (Phi) is 6.39. The first kappa shape index (κ1) is 22.8. The van der Waals surface area contributed by atoms with Gasteiger partial charge in [-0.25, -0.2) is 9.79 Å². The molecule has 0 saturated heterocycles. The van der Waals surface area contributed by atoms with Crippen LogP contribution >= 0.6 is 22.7 Å². The largest absolute Gasteiger partial charge is 0.493 e. The zero-order valence-corrected chi connectivity index (χ0v) is 20.3. The minimum Gasteiger partial charge on any atom is -0.493 e. The molecule has 0 aliphatic carbocycles.